The van der Waals surface area contributed by atoms with Crippen LogP contribution in [0.5, 0.6) is 0 Å². The molecule has 0 bridgehead atoms. The van der Waals surface area contributed by atoms with Crippen molar-refractivity contribution in [3.8, 4) is 0 Å². The highest BCUT2D eigenvalue weighted by molar-refractivity contribution is 5.73. The summed E-state index contributed by atoms with van der Waals surface area (Å²) >= 11 is 0. The fraction of sp³-hybridized carbons (Fsp3) is 0.300. The van der Waals surface area contributed by atoms with Gasteiger partial charge in [0.1, 0.15) is 0 Å². The van der Waals surface area contributed by atoms with Crippen LogP contribution in [-0.2, 0) is 4.79 Å². The minimum Gasteiger partial charge on any atom is -0.479 e. The zero-order valence-corrected chi connectivity index (χ0v) is 7.60. The van der Waals surface area contributed by atoms with Gasteiger partial charge in [0, 0.05) is 12.6 Å². The molecule has 0 amide bonds. The molecule has 1 aliphatic heterocycles. The van der Waals surface area contributed by atoms with Crippen molar-refractivity contribution in [2.45, 2.75) is 12.2 Å². The minimum atomic E-state index is -0.858. The minimum absolute atomic E-state index is 0.0947. The van der Waals surface area contributed by atoms with Crippen LogP contribution >= 0.6 is 0 Å². The van der Waals surface area contributed by atoms with E-state index in [9.17, 15) is 4.79 Å². The summed E-state index contributed by atoms with van der Waals surface area (Å²) in [6.45, 7) is 0.654. The van der Waals surface area contributed by atoms with E-state index in [0.29, 0.717) is 6.54 Å². The molecular formula is C10H12N2O2. The van der Waals surface area contributed by atoms with Gasteiger partial charge in [0.2, 0.25) is 0 Å². The lowest BCUT2D eigenvalue weighted by atomic mass is 10.1. The largest absolute Gasteiger partial charge is 0.479 e. The Bertz CT molecular complexity index is 326. The first-order chi connectivity index (χ1) is 6.77. The van der Waals surface area contributed by atoms with Gasteiger partial charge < -0.3 is 5.11 Å². The maximum absolute atomic E-state index is 10.7. The maximum atomic E-state index is 10.7. The van der Waals surface area contributed by atoms with Crippen molar-refractivity contribution in [3.05, 3.63) is 35.9 Å². The van der Waals surface area contributed by atoms with E-state index in [2.05, 4.69) is 10.6 Å². The summed E-state index contributed by atoms with van der Waals surface area (Å²) in [6.07, 6.45) is -0.625. The Morgan fingerprint density at radius 2 is 2.07 bits per heavy atom. The van der Waals surface area contributed by atoms with Gasteiger partial charge in [-0.2, -0.15) is 0 Å². The van der Waals surface area contributed by atoms with Gasteiger partial charge in [-0.05, 0) is 5.56 Å². The van der Waals surface area contributed by atoms with Crippen molar-refractivity contribution in [1.82, 2.24) is 10.6 Å². The predicted molar refractivity (Wildman–Crippen MR) is 51.7 cm³/mol. The molecule has 3 N–H and O–H groups in total. The summed E-state index contributed by atoms with van der Waals surface area (Å²) in [6, 6.07) is 9.92. The monoisotopic (exact) mass is 192 g/mol. The number of aliphatic carboxylic acids is 1. The first kappa shape index (κ1) is 9.18. The van der Waals surface area contributed by atoms with Crippen LogP contribution in [0.15, 0.2) is 30.3 Å². The van der Waals surface area contributed by atoms with Gasteiger partial charge in [-0.1, -0.05) is 30.3 Å². The lowest BCUT2D eigenvalue weighted by Gasteiger charge is -2.10. The van der Waals surface area contributed by atoms with Gasteiger partial charge in [-0.15, -0.1) is 0 Å². The molecule has 4 heteroatoms. The number of rotatable bonds is 2. The van der Waals surface area contributed by atoms with Crippen LogP contribution in [0.1, 0.15) is 11.6 Å². The van der Waals surface area contributed by atoms with Gasteiger partial charge in [0.15, 0.2) is 6.17 Å². The Kier molecular flexibility index (Phi) is 2.47. The van der Waals surface area contributed by atoms with Crippen LogP contribution in [-0.4, -0.2) is 23.8 Å². The molecule has 1 unspecified atom stereocenters. The lowest BCUT2D eigenvalue weighted by molar-refractivity contribution is -0.139. The van der Waals surface area contributed by atoms with Crippen molar-refractivity contribution in [2.24, 2.45) is 0 Å². The van der Waals surface area contributed by atoms with Gasteiger partial charge in [-0.3, -0.25) is 10.6 Å². The lowest BCUT2D eigenvalue weighted by Crippen LogP contribution is -2.39. The Morgan fingerprint density at radius 1 is 1.36 bits per heavy atom. The van der Waals surface area contributed by atoms with E-state index in [-0.39, 0.29) is 6.04 Å². The molecule has 74 valence electrons. The van der Waals surface area contributed by atoms with Crippen molar-refractivity contribution < 1.29 is 9.90 Å². The standard InChI is InChI=1S/C10H12N2O2/c13-10(14)9-11-6-8(12-9)7-4-2-1-3-5-7/h1-5,8-9,11-12H,6H2,(H,13,14)/t8-,9?/m0/s1. The molecule has 0 radical (unpaired) electrons. The molecule has 4 nitrogen and oxygen atoms in total. The average Bonchev–Trinajstić information content (AvgIpc) is 2.68. The number of nitrogens with one attached hydrogen (secondary N) is 2. The Hall–Kier alpha value is -1.39. The highest BCUT2D eigenvalue weighted by Gasteiger charge is 2.28. The van der Waals surface area contributed by atoms with Crippen LogP contribution in [0, 0.1) is 0 Å². The van der Waals surface area contributed by atoms with Crippen LogP contribution in [0.2, 0.25) is 0 Å². The number of hydrogen-bond acceptors (Lipinski definition) is 3. The van der Waals surface area contributed by atoms with Gasteiger partial charge in [-0.25, -0.2) is 4.79 Å². The average molecular weight is 192 g/mol. The SMILES string of the molecule is O=C(O)C1NC[C@@H](c2ccccc2)N1. The van der Waals surface area contributed by atoms with Crippen LogP contribution in [0.25, 0.3) is 0 Å². The zero-order valence-electron chi connectivity index (χ0n) is 7.60. The molecule has 2 rings (SSSR count). The Balaban J connectivity index is 2.06. The van der Waals surface area contributed by atoms with Gasteiger partial charge >= 0.3 is 5.97 Å². The van der Waals surface area contributed by atoms with Crippen molar-refractivity contribution in [1.29, 1.82) is 0 Å². The van der Waals surface area contributed by atoms with E-state index >= 15 is 0 Å². The summed E-state index contributed by atoms with van der Waals surface area (Å²) in [5, 5.41) is 14.6. The van der Waals surface area contributed by atoms with Crippen LogP contribution in [0.4, 0.5) is 0 Å². The molecule has 1 fully saturated rings. The quantitative estimate of drug-likeness (QED) is 0.632. The second kappa shape index (κ2) is 3.77. The zero-order chi connectivity index (χ0) is 9.97. The molecule has 1 aliphatic rings. The van der Waals surface area contributed by atoms with E-state index < -0.39 is 12.1 Å². The number of carboxylic acids is 1. The van der Waals surface area contributed by atoms with Crippen molar-refractivity contribution in [2.75, 3.05) is 6.54 Å². The first-order valence-corrected chi connectivity index (χ1v) is 4.54. The van der Waals surface area contributed by atoms with Crippen molar-refractivity contribution in [3.63, 3.8) is 0 Å². The normalized spacial score (nSPS) is 26.3. The molecule has 14 heavy (non-hydrogen) atoms. The second-order valence-corrected chi connectivity index (χ2v) is 3.31. The molecule has 0 spiro atoms. The fourth-order valence-electron chi connectivity index (χ4n) is 1.61. The number of carbonyl (C=O) groups is 1. The number of carboxylic acid groups (broad SMARTS) is 1. The molecule has 1 heterocycles. The maximum Gasteiger partial charge on any atom is 0.335 e. The molecular weight excluding hydrogens is 180 g/mol. The smallest absolute Gasteiger partial charge is 0.335 e. The van der Waals surface area contributed by atoms with E-state index in [4.69, 9.17) is 5.11 Å². The van der Waals surface area contributed by atoms with Gasteiger partial charge in [0.05, 0.1) is 0 Å². The molecule has 1 aromatic rings. The molecule has 0 aromatic heterocycles. The third-order valence-corrected chi connectivity index (χ3v) is 2.34. The Labute approximate surface area is 81.9 Å². The highest BCUT2D eigenvalue weighted by Crippen LogP contribution is 2.15. The number of hydrogen-bond donors (Lipinski definition) is 3. The third kappa shape index (κ3) is 1.76. The molecule has 2 atom stereocenters. The summed E-state index contributed by atoms with van der Waals surface area (Å²) in [4.78, 5) is 10.7. The topological polar surface area (TPSA) is 61.4 Å². The van der Waals surface area contributed by atoms with Crippen molar-refractivity contribution >= 4 is 5.97 Å². The first-order valence-electron chi connectivity index (χ1n) is 4.54. The Morgan fingerprint density at radius 3 is 2.64 bits per heavy atom. The van der Waals surface area contributed by atoms with Gasteiger partial charge in [0.25, 0.3) is 0 Å². The molecule has 0 saturated carbocycles. The highest BCUT2D eigenvalue weighted by atomic mass is 16.4. The number of benzene rings is 1. The van der Waals surface area contributed by atoms with E-state index in [1.807, 2.05) is 30.3 Å². The van der Waals surface area contributed by atoms with E-state index in [1.165, 1.54) is 0 Å². The fourth-order valence-corrected chi connectivity index (χ4v) is 1.61. The van der Waals surface area contributed by atoms with E-state index in [1.54, 1.807) is 0 Å². The molecule has 1 aromatic carbocycles. The van der Waals surface area contributed by atoms with Crippen LogP contribution < -0.4 is 10.6 Å². The predicted octanol–water partition coefficient (Wildman–Crippen LogP) is 0.331. The summed E-state index contributed by atoms with van der Waals surface area (Å²) < 4.78 is 0. The van der Waals surface area contributed by atoms with E-state index in [0.717, 1.165) is 5.56 Å². The summed E-state index contributed by atoms with van der Waals surface area (Å²) in [5.74, 6) is -0.858. The summed E-state index contributed by atoms with van der Waals surface area (Å²) in [5.41, 5.74) is 1.11. The second-order valence-electron chi connectivity index (χ2n) is 3.31. The third-order valence-electron chi connectivity index (χ3n) is 2.34. The van der Waals surface area contributed by atoms with Crippen LogP contribution in [0.3, 0.4) is 0 Å². The summed E-state index contributed by atoms with van der Waals surface area (Å²) in [7, 11) is 0. The molecule has 1 saturated heterocycles. The molecule has 0 aliphatic carbocycles.